The first-order chi connectivity index (χ1) is 15.4. The van der Waals surface area contributed by atoms with Gasteiger partial charge in [0.15, 0.2) is 15.9 Å². The van der Waals surface area contributed by atoms with E-state index in [-0.39, 0.29) is 11.7 Å². The van der Waals surface area contributed by atoms with Crippen molar-refractivity contribution in [2.24, 2.45) is 5.92 Å². The van der Waals surface area contributed by atoms with E-state index < -0.39 is 45.4 Å². The summed E-state index contributed by atoms with van der Waals surface area (Å²) in [6, 6.07) is 4.03. The zero-order valence-corrected chi connectivity index (χ0v) is 19.7. The summed E-state index contributed by atoms with van der Waals surface area (Å²) < 4.78 is 64.1. The normalized spacial score (nSPS) is 20.6. The van der Waals surface area contributed by atoms with Gasteiger partial charge in [-0.25, -0.2) is 8.42 Å². The molecule has 6 nitrogen and oxygen atoms in total. The average molecular weight is 522 g/mol. The first kappa shape index (κ1) is 24.1. The monoisotopic (exact) mass is 521 g/mol. The predicted octanol–water partition coefficient (Wildman–Crippen LogP) is 4.07. The van der Waals surface area contributed by atoms with Crippen molar-refractivity contribution in [3.63, 3.8) is 0 Å². The maximum Gasteiger partial charge on any atom is 0.414 e. The molecule has 2 unspecified atom stereocenters. The Labute approximate surface area is 199 Å². The lowest BCUT2D eigenvalue weighted by molar-refractivity contribution is -0.191. The molecule has 178 valence electrons. The van der Waals surface area contributed by atoms with Crippen LogP contribution in [-0.2, 0) is 27.5 Å². The Morgan fingerprint density at radius 1 is 1.18 bits per heavy atom. The van der Waals surface area contributed by atoms with E-state index in [1.165, 1.54) is 18.3 Å². The lowest BCUT2D eigenvalue weighted by Gasteiger charge is -2.34. The van der Waals surface area contributed by atoms with Crippen LogP contribution in [0.1, 0.15) is 22.9 Å². The molecule has 1 aromatic heterocycles. The Bertz CT molecular complexity index is 1180. The van der Waals surface area contributed by atoms with Crippen LogP contribution < -0.4 is 5.32 Å². The van der Waals surface area contributed by atoms with Crippen molar-refractivity contribution in [3.8, 4) is 0 Å². The Morgan fingerprint density at radius 3 is 2.45 bits per heavy atom. The third-order valence-electron chi connectivity index (χ3n) is 5.95. The van der Waals surface area contributed by atoms with E-state index in [1.54, 1.807) is 6.07 Å². The second-order valence-electron chi connectivity index (χ2n) is 8.39. The number of alkyl halides is 3. The van der Waals surface area contributed by atoms with E-state index in [2.05, 4.69) is 10.3 Å². The van der Waals surface area contributed by atoms with Crippen LogP contribution in [0.4, 0.5) is 18.9 Å². The summed E-state index contributed by atoms with van der Waals surface area (Å²) in [5, 5.41) is 4.22. The van der Waals surface area contributed by atoms with E-state index in [4.69, 9.17) is 23.2 Å². The highest BCUT2D eigenvalue weighted by Gasteiger charge is 2.49. The number of hydrogen-bond acceptors (Lipinski definition) is 5. The fourth-order valence-corrected chi connectivity index (χ4v) is 6.18. The number of amides is 1. The molecule has 2 heterocycles. The molecule has 0 radical (unpaired) electrons. The minimum Gasteiger partial charge on any atom is -0.380 e. The predicted molar refractivity (Wildman–Crippen MR) is 119 cm³/mol. The molecule has 1 aromatic carbocycles. The van der Waals surface area contributed by atoms with Crippen molar-refractivity contribution in [2.75, 3.05) is 23.9 Å². The molecule has 2 atom stereocenters. The topological polar surface area (TPSA) is 79.4 Å². The zero-order chi connectivity index (χ0) is 24.1. The highest BCUT2D eigenvalue weighted by molar-refractivity contribution is 7.92. The van der Waals surface area contributed by atoms with Gasteiger partial charge in [0.1, 0.15) is 0 Å². The Kier molecular flexibility index (Phi) is 6.30. The molecule has 2 aliphatic rings. The quantitative estimate of drug-likeness (QED) is 0.641. The molecule has 2 aromatic rings. The third kappa shape index (κ3) is 4.93. The summed E-state index contributed by atoms with van der Waals surface area (Å²) in [5.41, 5.74) is 2.18. The Balaban J connectivity index is 1.47. The summed E-state index contributed by atoms with van der Waals surface area (Å²) in [5.74, 6) is -2.70. The molecular weight excluding hydrogens is 502 g/mol. The number of aromatic nitrogens is 1. The Morgan fingerprint density at radius 2 is 1.88 bits per heavy atom. The van der Waals surface area contributed by atoms with Crippen molar-refractivity contribution in [3.05, 3.63) is 57.3 Å². The van der Waals surface area contributed by atoms with Crippen LogP contribution in [0.25, 0.3) is 0 Å². The van der Waals surface area contributed by atoms with E-state index in [1.807, 2.05) is 6.07 Å². The molecule has 0 bridgehead atoms. The van der Waals surface area contributed by atoms with Gasteiger partial charge in [-0.2, -0.15) is 13.2 Å². The fraction of sp³-hybridized carbons (Fsp3) is 0.429. The molecule has 0 spiro atoms. The third-order valence-corrected chi connectivity index (χ3v) is 8.62. The van der Waals surface area contributed by atoms with E-state index in [0.717, 1.165) is 18.2 Å². The molecule has 33 heavy (non-hydrogen) atoms. The number of carbonyl (C=O) groups excluding carboxylic acids is 1. The van der Waals surface area contributed by atoms with Crippen molar-refractivity contribution >= 4 is 44.6 Å². The molecule has 0 saturated carbocycles. The lowest BCUT2D eigenvalue weighted by Crippen LogP contribution is -2.50. The summed E-state index contributed by atoms with van der Waals surface area (Å²) in [7, 11) is -2.33. The smallest absolute Gasteiger partial charge is 0.380 e. The molecule has 1 amide bonds. The maximum absolute atomic E-state index is 13.8. The highest BCUT2D eigenvalue weighted by atomic mass is 35.5. The molecule has 12 heteroatoms. The highest BCUT2D eigenvalue weighted by Crippen LogP contribution is 2.38. The van der Waals surface area contributed by atoms with E-state index in [9.17, 15) is 26.4 Å². The van der Waals surface area contributed by atoms with Crippen LogP contribution in [-0.4, -0.2) is 55.0 Å². The van der Waals surface area contributed by atoms with Crippen molar-refractivity contribution in [1.29, 1.82) is 0 Å². The van der Waals surface area contributed by atoms with Crippen molar-refractivity contribution in [2.45, 2.75) is 31.1 Å². The fourth-order valence-electron chi connectivity index (χ4n) is 4.33. The summed E-state index contributed by atoms with van der Waals surface area (Å²) in [4.78, 5) is 16.9. The van der Waals surface area contributed by atoms with Crippen LogP contribution in [0, 0.1) is 5.92 Å². The van der Waals surface area contributed by atoms with Crippen LogP contribution >= 0.6 is 23.2 Å². The number of benzene rings is 1. The molecule has 1 aliphatic heterocycles. The second-order valence-corrected chi connectivity index (χ2v) is 11.3. The van der Waals surface area contributed by atoms with Gasteiger partial charge in [0.05, 0.1) is 45.0 Å². The van der Waals surface area contributed by atoms with E-state index in [0.29, 0.717) is 33.5 Å². The lowest BCUT2D eigenvalue weighted by atomic mass is 10.1. The second kappa shape index (κ2) is 8.63. The number of rotatable bonds is 5. The number of halogens is 5. The van der Waals surface area contributed by atoms with Gasteiger partial charge in [-0.1, -0.05) is 29.3 Å². The van der Waals surface area contributed by atoms with Gasteiger partial charge in [-0.05, 0) is 42.2 Å². The molecule has 1 aliphatic carbocycles. The van der Waals surface area contributed by atoms with Gasteiger partial charge in [0.25, 0.3) is 0 Å². The summed E-state index contributed by atoms with van der Waals surface area (Å²) in [6.45, 7) is 0. The summed E-state index contributed by atoms with van der Waals surface area (Å²) >= 11 is 12.3. The number of anilines is 1. The van der Waals surface area contributed by atoms with Crippen LogP contribution in [0.5, 0.6) is 0 Å². The summed E-state index contributed by atoms with van der Waals surface area (Å²) in [6.07, 6.45) is -2.19. The number of nitrogens with zero attached hydrogens (tertiary/aromatic N) is 2. The van der Waals surface area contributed by atoms with Crippen LogP contribution in [0.15, 0.2) is 30.5 Å². The van der Waals surface area contributed by atoms with Crippen LogP contribution in [0.2, 0.25) is 10.0 Å². The first-order valence-corrected chi connectivity index (χ1v) is 12.7. The number of fused-ring (bicyclic) bond motifs is 1. The molecule has 1 fully saturated rings. The van der Waals surface area contributed by atoms with Crippen LogP contribution in [0.3, 0.4) is 0 Å². The zero-order valence-electron chi connectivity index (χ0n) is 17.4. The van der Waals surface area contributed by atoms with Gasteiger partial charge in [0, 0.05) is 13.1 Å². The molecule has 1 saturated heterocycles. The minimum atomic E-state index is -4.78. The van der Waals surface area contributed by atoms with Gasteiger partial charge in [-0.3, -0.25) is 9.78 Å². The van der Waals surface area contributed by atoms with E-state index >= 15 is 0 Å². The van der Waals surface area contributed by atoms with Gasteiger partial charge in [0.2, 0.25) is 5.91 Å². The number of nitrogens with one attached hydrogen (secondary N) is 1. The van der Waals surface area contributed by atoms with Gasteiger partial charge in [-0.15, -0.1) is 0 Å². The molecule has 1 N–H and O–H groups in total. The standard InChI is InChI=1S/C21H20Cl2F3N3O3S/c1-29(20(30)12-9-33(31,32)10-12)19(21(24,25)26)17-5-3-13(8-27-17)28-14-6-11-2-4-16(22)18(23)15(11)7-14/h2-5,8,12,14,19,28H,6-7,9-10H2,1H3. The van der Waals surface area contributed by atoms with Crippen molar-refractivity contribution < 1.29 is 26.4 Å². The largest absolute Gasteiger partial charge is 0.414 e. The van der Waals surface area contributed by atoms with Crippen molar-refractivity contribution in [1.82, 2.24) is 9.88 Å². The minimum absolute atomic E-state index is 0.0214. The average Bonchev–Trinajstić information content (AvgIpc) is 3.12. The first-order valence-electron chi connectivity index (χ1n) is 10.1. The maximum atomic E-state index is 13.8. The number of carbonyl (C=O) groups is 1. The number of hydrogen-bond donors (Lipinski definition) is 1. The SMILES string of the molecule is CN(C(=O)C1CS(=O)(=O)C1)C(c1ccc(NC2Cc3ccc(Cl)c(Cl)c3C2)cn1)C(F)(F)F. The number of sulfone groups is 1. The molecular formula is C21H20Cl2F3N3O3S. The number of pyridine rings is 1. The van der Waals surface area contributed by atoms with Gasteiger partial charge < -0.3 is 10.2 Å². The molecule has 4 rings (SSSR count). The van der Waals surface area contributed by atoms with Gasteiger partial charge >= 0.3 is 6.18 Å². The Hall–Kier alpha value is -2.04.